The fraction of sp³-hybridized carbons (Fsp3) is 0.207. The second-order valence-electron chi connectivity index (χ2n) is 9.11. The van der Waals surface area contributed by atoms with Gasteiger partial charge in [-0.3, -0.25) is 4.79 Å². The first-order valence-corrected chi connectivity index (χ1v) is 12.5. The van der Waals surface area contributed by atoms with E-state index >= 15 is 0 Å². The van der Waals surface area contributed by atoms with Crippen LogP contribution in [0.25, 0.3) is 17.0 Å². The summed E-state index contributed by atoms with van der Waals surface area (Å²) in [7, 11) is 1.60. The number of aliphatic carboxylic acids is 1. The van der Waals surface area contributed by atoms with E-state index in [-0.39, 0.29) is 13.0 Å². The van der Waals surface area contributed by atoms with Crippen LogP contribution in [0.5, 0.6) is 5.75 Å². The van der Waals surface area contributed by atoms with Gasteiger partial charge in [0.25, 0.3) is 0 Å². The summed E-state index contributed by atoms with van der Waals surface area (Å²) < 4.78 is 12.3. The zero-order valence-corrected chi connectivity index (χ0v) is 21.7. The van der Waals surface area contributed by atoms with Gasteiger partial charge >= 0.3 is 5.97 Å². The van der Waals surface area contributed by atoms with Crippen LogP contribution >= 0.6 is 0 Å². The van der Waals surface area contributed by atoms with E-state index in [1.54, 1.807) is 50.2 Å². The van der Waals surface area contributed by atoms with Crippen molar-refractivity contribution in [2.24, 2.45) is 11.7 Å². The number of rotatable bonds is 10. The van der Waals surface area contributed by atoms with Crippen LogP contribution < -0.4 is 10.5 Å². The summed E-state index contributed by atoms with van der Waals surface area (Å²) in [6, 6.07) is 11.8. The highest BCUT2D eigenvalue weighted by atomic mass is 16.5. The van der Waals surface area contributed by atoms with Gasteiger partial charge in [-0.15, -0.1) is 0 Å². The number of nitrogens with zero attached hydrogens (tertiary/aromatic N) is 6. The Hall–Kier alpha value is -4.87. The number of carboxylic acids is 1. The van der Waals surface area contributed by atoms with Crippen molar-refractivity contribution in [1.29, 1.82) is 0 Å². The minimum absolute atomic E-state index is 0.0650. The number of nitrogens with two attached hydrogens (primary N) is 1. The van der Waals surface area contributed by atoms with Gasteiger partial charge in [0.05, 0.1) is 43.6 Å². The van der Waals surface area contributed by atoms with Gasteiger partial charge in [-0.1, -0.05) is 30.4 Å². The number of hydrogen-bond donors (Lipinski definition) is 2. The maximum atomic E-state index is 11.8. The van der Waals surface area contributed by atoms with Crippen LogP contribution in [0.3, 0.4) is 0 Å². The van der Waals surface area contributed by atoms with Crippen molar-refractivity contribution in [3.63, 3.8) is 0 Å². The van der Waals surface area contributed by atoms with E-state index in [0.717, 1.165) is 16.7 Å². The molecule has 202 valence electrons. The highest BCUT2D eigenvalue weighted by Crippen LogP contribution is 2.49. The third-order valence-electron chi connectivity index (χ3n) is 6.77. The number of benzene rings is 1. The lowest BCUT2D eigenvalue weighted by molar-refractivity contribution is -0.139. The first-order chi connectivity index (χ1) is 19.5. The van der Waals surface area contributed by atoms with Crippen molar-refractivity contribution >= 4 is 11.5 Å². The topological polar surface area (TPSA) is 159 Å². The fourth-order valence-corrected chi connectivity index (χ4v) is 4.90. The minimum Gasteiger partial charge on any atom is -0.496 e. The standard InChI is InChI=1S/C29H27N7O4/c1-39-26-8-3-2-6-23(26)27-31-12-11-22(36-27)18-40-29(21-10-14-33-35-17-21)20(15-25(30)28(37)38)5-4-7-24(29)19-9-13-32-34-16-19/h2-14,16-17,20,25H,15,18,30H2,1H3,(H,37,38). The molecule has 0 amide bonds. The molecule has 3 unspecified atom stereocenters. The molecule has 0 fully saturated rings. The molecule has 0 saturated heterocycles. The third kappa shape index (κ3) is 5.33. The lowest BCUT2D eigenvalue weighted by Crippen LogP contribution is -2.44. The zero-order valence-electron chi connectivity index (χ0n) is 21.7. The summed E-state index contributed by atoms with van der Waals surface area (Å²) in [6.45, 7) is 0.0650. The van der Waals surface area contributed by atoms with Gasteiger partial charge < -0.3 is 20.3 Å². The first kappa shape index (κ1) is 26.7. The Morgan fingerprint density at radius 1 is 1.05 bits per heavy atom. The lowest BCUT2D eigenvalue weighted by atomic mass is 9.69. The van der Waals surface area contributed by atoms with Crippen LogP contribution in [0.2, 0.25) is 0 Å². The van der Waals surface area contributed by atoms with Crippen molar-refractivity contribution < 1.29 is 19.4 Å². The minimum atomic E-state index is -1.20. The van der Waals surface area contributed by atoms with Gasteiger partial charge in [0, 0.05) is 29.4 Å². The van der Waals surface area contributed by atoms with E-state index in [1.807, 2.05) is 48.6 Å². The highest BCUT2D eigenvalue weighted by Gasteiger charge is 2.47. The largest absolute Gasteiger partial charge is 0.496 e. The second kappa shape index (κ2) is 11.9. The normalized spacial score (nSPS) is 19.1. The third-order valence-corrected chi connectivity index (χ3v) is 6.77. The van der Waals surface area contributed by atoms with Crippen LogP contribution in [0.1, 0.15) is 23.2 Å². The van der Waals surface area contributed by atoms with Crippen molar-refractivity contribution in [3.8, 4) is 17.1 Å². The quantitative estimate of drug-likeness (QED) is 0.306. The molecule has 3 aromatic heterocycles. The highest BCUT2D eigenvalue weighted by molar-refractivity contribution is 5.78. The van der Waals surface area contributed by atoms with Gasteiger partial charge in [0.2, 0.25) is 0 Å². The maximum absolute atomic E-state index is 11.8. The summed E-state index contributed by atoms with van der Waals surface area (Å²) in [5.74, 6) is -0.448. The molecule has 5 rings (SSSR count). The summed E-state index contributed by atoms with van der Waals surface area (Å²) in [5, 5.41) is 25.7. The second-order valence-corrected chi connectivity index (χ2v) is 9.11. The van der Waals surface area contributed by atoms with Crippen molar-refractivity contribution in [2.75, 3.05) is 7.11 Å². The van der Waals surface area contributed by atoms with E-state index in [4.69, 9.17) is 20.2 Å². The molecule has 3 N–H and O–H groups in total. The predicted octanol–water partition coefficient (Wildman–Crippen LogP) is 3.22. The number of para-hydroxylation sites is 1. The molecule has 4 aromatic rings. The average Bonchev–Trinajstić information content (AvgIpc) is 3.01. The molecule has 0 radical (unpaired) electrons. The predicted molar refractivity (Wildman–Crippen MR) is 145 cm³/mol. The molecule has 0 bridgehead atoms. The van der Waals surface area contributed by atoms with Crippen LogP contribution in [0.4, 0.5) is 0 Å². The van der Waals surface area contributed by atoms with E-state index < -0.39 is 23.5 Å². The molecule has 0 saturated carbocycles. The average molecular weight is 538 g/mol. The van der Waals surface area contributed by atoms with Crippen LogP contribution in [0, 0.1) is 5.92 Å². The summed E-state index contributed by atoms with van der Waals surface area (Å²) in [5.41, 5.74) is 8.40. The monoisotopic (exact) mass is 537 g/mol. The number of ether oxygens (including phenoxy) is 2. The number of hydrogen-bond acceptors (Lipinski definition) is 10. The van der Waals surface area contributed by atoms with Crippen molar-refractivity contribution in [3.05, 3.63) is 108 Å². The Balaban J connectivity index is 1.60. The van der Waals surface area contributed by atoms with Gasteiger partial charge in [-0.25, -0.2) is 9.97 Å². The van der Waals surface area contributed by atoms with Crippen molar-refractivity contribution in [2.45, 2.75) is 24.7 Å². The molecule has 3 atom stereocenters. The molecule has 40 heavy (non-hydrogen) atoms. The first-order valence-electron chi connectivity index (χ1n) is 12.5. The van der Waals surface area contributed by atoms with E-state index in [1.165, 1.54) is 0 Å². The molecule has 0 spiro atoms. The van der Waals surface area contributed by atoms with E-state index in [0.29, 0.717) is 22.8 Å². The van der Waals surface area contributed by atoms with E-state index in [2.05, 4.69) is 25.4 Å². The molecule has 11 nitrogen and oxygen atoms in total. The van der Waals surface area contributed by atoms with E-state index in [9.17, 15) is 9.90 Å². The Kier molecular flexibility index (Phi) is 7.94. The van der Waals surface area contributed by atoms with Gasteiger partial charge in [0.15, 0.2) is 5.82 Å². The molecule has 11 heteroatoms. The summed E-state index contributed by atoms with van der Waals surface area (Å²) in [6.07, 6.45) is 13.9. The fourth-order valence-electron chi connectivity index (χ4n) is 4.90. The Morgan fingerprint density at radius 3 is 2.58 bits per heavy atom. The molecule has 1 aromatic carbocycles. The maximum Gasteiger partial charge on any atom is 0.320 e. The Bertz CT molecular complexity index is 1530. The van der Waals surface area contributed by atoms with Crippen LogP contribution in [-0.2, 0) is 21.7 Å². The molecular formula is C29H27N7O4. The Morgan fingerprint density at radius 2 is 1.85 bits per heavy atom. The molecule has 0 aliphatic heterocycles. The smallest absolute Gasteiger partial charge is 0.320 e. The lowest BCUT2D eigenvalue weighted by Gasteiger charge is -2.43. The molecule has 1 aliphatic rings. The van der Waals surface area contributed by atoms with Crippen molar-refractivity contribution in [1.82, 2.24) is 30.4 Å². The SMILES string of the molecule is COc1ccccc1-c1nccc(COC2(c3ccnnc3)C(c3ccnnc3)=CC=CC2CC(N)C(=O)O)n1. The van der Waals surface area contributed by atoms with Gasteiger partial charge in [0.1, 0.15) is 17.4 Å². The number of carbonyl (C=O) groups is 1. The number of allylic oxidation sites excluding steroid dienone is 2. The molecule has 3 heterocycles. The van der Waals surface area contributed by atoms with Crippen LogP contribution in [0.15, 0.2) is 91.7 Å². The number of aromatic nitrogens is 6. The summed E-state index contributed by atoms with van der Waals surface area (Å²) >= 11 is 0. The number of methoxy groups -OCH3 is 1. The Labute approximate surface area is 230 Å². The molecule has 1 aliphatic carbocycles. The molecular weight excluding hydrogens is 510 g/mol. The van der Waals surface area contributed by atoms with Gasteiger partial charge in [-0.2, -0.15) is 20.4 Å². The summed E-state index contributed by atoms with van der Waals surface area (Å²) in [4.78, 5) is 21.0. The van der Waals surface area contributed by atoms with Gasteiger partial charge in [-0.05, 0) is 42.3 Å². The van der Waals surface area contributed by atoms with Crippen LogP contribution in [-0.4, -0.2) is 54.6 Å². The zero-order chi connectivity index (χ0) is 28.0. The number of carboxylic acid groups (broad SMARTS) is 1.